The van der Waals surface area contributed by atoms with Gasteiger partial charge < -0.3 is 10.1 Å². The molecule has 2 heterocycles. The van der Waals surface area contributed by atoms with Crippen LogP contribution in [0.3, 0.4) is 0 Å². The predicted octanol–water partition coefficient (Wildman–Crippen LogP) is 1.98. The number of aliphatic imine (C=N–C) groups is 1. The molecule has 1 N–H and O–H groups in total. The number of hydrazone groups is 1. The molecule has 24 heavy (non-hydrogen) atoms. The quantitative estimate of drug-likeness (QED) is 0.648. The van der Waals surface area contributed by atoms with E-state index in [0.29, 0.717) is 23.0 Å². The molecule has 0 spiro atoms. The van der Waals surface area contributed by atoms with Crippen molar-refractivity contribution >= 4 is 29.0 Å². The number of pyridine rings is 1. The Morgan fingerprint density at radius 2 is 2.21 bits per heavy atom. The highest BCUT2D eigenvalue weighted by atomic mass is 32.2. The molecule has 1 unspecified atom stereocenters. The first-order valence-electron chi connectivity index (χ1n) is 7.47. The highest BCUT2D eigenvalue weighted by molar-refractivity contribution is 8.14. The molecule has 1 aromatic rings. The molecule has 0 aliphatic carbocycles. The Balaban J connectivity index is 2.42. The number of hydrogen-bond acceptors (Lipinski definition) is 8. The molecule has 0 saturated heterocycles. The number of carbonyl (C=O) groups excluding carboxylic acids is 1. The molecule has 1 aromatic heterocycles. The maximum Gasteiger partial charge on any atom is 0.344 e. The van der Waals surface area contributed by atoms with Gasteiger partial charge in [0.05, 0.1) is 7.11 Å². The number of esters is 1. The number of ether oxygens (including phenoxy) is 1. The number of methoxy groups -OCH3 is 1. The van der Waals surface area contributed by atoms with Crippen molar-refractivity contribution < 1.29 is 9.53 Å². The summed E-state index contributed by atoms with van der Waals surface area (Å²) in [5.74, 6) is 0.146. The fourth-order valence-corrected chi connectivity index (χ4v) is 2.91. The van der Waals surface area contributed by atoms with Crippen LogP contribution < -0.4 is 5.32 Å². The molecule has 1 atom stereocenters. The van der Waals surface area contributed by atoms with E-state index in [-0.39, 0.29) is 6.17 Å². The van der Waals surface area contributed by atoms with Gasteiger partial charge in [0.15, 0.2) is 0 Å². The van der Waals surface area contributed by atoms with Crippen molar-refractivity contribution in [1.82, 2.24) is 15.3 Å². The van der Waals surface area contributed by atoms with Gasteiger partial charge in [0.25, 0.3) is 0 Å². The lowest BCUT2D eigenvalue weighted by Gasteiger charge is -2.32. The molecule has 128 valence electrons. The van der Waals surface area contributed by atoms with E-state index in [0.717, 1.165) is 5.56 Å². The van der Waals surface area contributed by atoms with Crippen molar-refractivity contribution in [3.63, 3.8) is 0 Å². The van der Waals surface area contributed by atoms with E-state index in [1.807, 2.05) is 32.2 Å². The summed E-state index contributed by atoms with van der Waals surface area (Å²) < 4.78 is 4.95. The van der Waals surface area contributed by atoms with E-state index in [1.165, 1.54) is 18.9 Å². The minimum Gasteiger partial charge on any atom is -0.465 e. The van der Waals surface area contributed by atoms with Gasteiger partial charge in [-0.15, -0.1) is 11.8 Å². The van der Waals surface area contributed by atoms with E-state index in [4.69, 9.17) is 4.74 Å². The van der Waals surface area contributed by atoms with Gasteiger partial charge in [-0.2, -0.15) is 5.10 Å². The zero-order chi connectivity index (χ0) is 17.5. The number of thioether (sulfide) groups is 1. The van der Waals surface area contributed by atoms with Crippen molar-refractivity contribution in [3.05, 3.63) is 41.5 Å². The van der Waals surface area contributed by atoms with Crippen LogP contribution in [0.5, 0.6) is 0 Å². The summed E-state index contributed by atoms with van der Waals surface area (Å²) in [5, 5.41) is 9.97. The monoisotopic (exact) mass is 347 g/mol. The lowest BCUT2D eigenvalue weighted by atomic mass is 10.2. The number of carbonyl (C=O) groups is 1. The molecule has 0 fully saturated rings. The van der Waals surface area contributed by atoms with E-state index < -0.39 is 5.97 Å². The molecule has 1 aliphatic rings. The Labute approximate surface area is 145 Å². The first-order chi connectivity index (χ1) is 11.6. The van der Waals surface area contributed by atoms with E-state index >= 15 is 0 Å². The summed E-state index contributed by atoms with van der Waals surface area (Å²) in [6, 6.07) is 3.82. The summed E-state index contributed by atoms with van der Waals surface area (Å²) in [6.45, 7) is 4.27. The molecular weight excluding hydrogens is 326 g/mol. The average Bonchev–Trinajstić information content (AvgIpc) is 2.62. The van der Waals surface area contributed by atoms with Crippen molar-refractivity contribution in [2.75, 3.05) is 13.4 Å². The summed E-state index contributed by atoms with van der Waals surface area (Å²) >= 11 is 1.41. The number of hydrogen-bond donors (Lipinski definition) is 1. The number of aromatic nitrogens is 1. The average molecular weight is 347 g/mol. The Morgan fingerprint density at radius 3 is 2.79 bits per heavy atom. The lowest BCUT2D eigenvalue weighted by molar-refractivity contribution is -0.135. The van der Waals surface area contributed by atoms with Crippen LogP contribution in [0.1, 0.15) is 19.4 Å². The third-order valence-corrected chi connectivity index (χ3v) is 4.07. The minimum atomic E-state index is -0.441. The Kier molecular flexibility index (Phi) is 6.36. The first-order valence-corrected chi connectivity index (χ1v) is 8.70. The van der Waals surface area contributed by atoms with E-state index in [1.54, 1.807) is 23.6 Å². The van der Waals surface area contributed by atoms with Gasteiger partial charge in [-0.25, -0.2) is 9.80 Å². The predicted molar refractivity (Wildman–Crippen MR) is 96.5 cm³/mol. The van der Waals surface area contributed by atoms with Gasteiger partial charge in [-0.1, -0.05) is 0 Å². The highest BCUT2D eigenvalue weighted by Gasteiger charge is 2.32. The van der Waals surface area contributed by atoms with Gasteiger partial charge in [0, 0.05) is 25.2 Å². The zero-order valence-corrected chi connectivity index (χ0v) is 15.0. The molecule has 0 aromatic carbocycles. The molecule has 7 nitrogen and oxygen atoms in total. The van der Waals surface area contributed by atoms with Crippen LogP contribution in [0.2, 0.25) is 0 Å². The summed E-state index contributed by atoms with van der Waals surface area (Å²) in [4.78, 5) is 20.9. The third kappa shape index (κ3) is 3.94. The number of nitrogens with one attached hydrogen (secondary N) is 1. The van der Waals surface area contributed by atoms with Gasteiger partial charge in [-0.05, 0) is 37.8 Å². The van der Waals surface area contributed by atoms with Crippen molar-refractivity contribution in [3.8, 4) is 0 Å². The van der Waals surface area contributed by atoms with Crippen LogP contribution in [0.25, 0.3) is 0 Å². The molecule has 0 saturated carbocycles. The minimum absolute atomic E-state index is 0.225. The fraction of sp³-hybridized carbons (Fsp3) is 0.375. The van der Waals surface area contributed by atoms with Crippen LogP contribution in [0.15, 0.2) is 46.0 Å². The standard InChI is InChI=1S/C16H21N5O2S/c1-5-19-21-11(2)20-15(24-4)13(16(22)23-3)14(21)18-10-12-6-8-17-9-7-12/h5-9,11,18H,10H2,1-4H3/b19-5-. The Hall–Kier alpha value is -2.35. The Bertz CT molecular complexity index is 672. The third-order valence-electron chi connectivity index (χ3n) is 3.37. The normalized spacial score (nSPS) is 17.9. The van der Waals surface area contributed by atoms with E-state index in [2.05, 4.69) is 20.4 Å². The van der Waals surface area contributed by atoms with Crippen LogP contribution >= 0.6 is 11.8 Å². The van der Waals surface area contributed by atoms with Gasteiger partial charge in [0.1, 0.15) is 22.6 Å². The highest BCUT2D eigenvalue weighted by Crippen LogP contribution is 2.26. The van der Waals surface area contributed by atoms with Crippen LogP contribution in [0.4, 0.5) is 0 Å². The maximum absolute atomic E-state index is 12.3. The second kappa shape index (κ2) is 8.49. The fourth-order valence-electron chi connectivity index (χ4n) is 2.27. The van der Waals surface area contributed by atoms with Crippen molar-refractivity contribution in [1.29, 1.82) is 0 Å². The maximum atomic E-state index is 12.3. The topological polar surface area (TPSA) is 79.2 Å². The van der Waals surface area contributed by atoms with Crippen LogP contribution in [-0.2, 0) is 16.1 Å². The summed E-state index contributed by atoms with van der Waals surface area (Å²) in [7, 11) is 1.36. The molecule has 8 heteroatoms. The smallest absolute Gasteiger partial charge is 0.344 e. The molecule has 0 bridgehead atoms. The van der Waals surface area contributed by atoms with Crippen LogP contribution in [0, 0.1) is 0 Å². The Morgan fingerprint density at radius 1 is 1.50 bits per heavy atom. The van der Waals surface area contributed by atoms with Crippen molar-refractivity contribution in [2.45, 2.75) is 26.6 Å². The second-order valence-electron chi connectivity index (χ2n) is 4.91. The molecular formula is C16H21N5O2S. The molecule has 0 amide bonds. The second-order valence-corrected chi connectivity index (χ2v) is 5.71. The van der Waals surface area contributed by atoms with Gasteiger partial charge >= 0.3 is 5.97 Å². The first kappa shape index (κ1) is 18.0. The molecule has 0 radical (unpaired) electrons. The van der Waals surface area contributed by atoms with Gasteiger partial charge in [-0.3, -0.25) is 9.98 Å². The molecule has 1 aliphatic heterocycles. The van der Waals surface area contributed by atoms with Gasteiger partial charge in [0.2, 0.25) is 0 Å². The largest absolute Gasteiger partial charge is 0.465 e. The van der Waals surface area contributed by atoms with Crippen molar-refractivity contribution in [2.24, 2.45) is 10.1 Å². The number of nitrogens with zero attached hydrogens (tertiary/aromatic N) is 4. The number of rotatable bonds is 5. The summed E-state index contributed by atoms with van der Waals surface area (Å²) in [6.07, 6.45) is 6.78. The SMILES string of the molecule is C/C=N\N1C(NCc2ccncc2)=C(C(=O)OC)C(SC)=NC1C. The molecule has 2 rings (SSSR count). The summed E-state index contributed by atoms with van der Waals surface area (Å²) in [5.41, 5.74) is 1.44. The van der Waals surface area contributed by atoms with Crippen LogP contribution in [-0.4, -0.2) is 46.8 Å². The lowest BCUT2D eigenvalue weighted by Crippen LogP contribution is -2.41. The van der Waals surface area contributed by atoms with E-state index in [9.17, 15) is 4.79 Å². The zero-order valence-electron chi connectivity index (χ0n) is 14.2.